The minimum atomic E-state index is -0.786. The summed E-state index contributed by atoms with van der Waals surface area (Å²) < 4.78 is 11.3. The van der Waals surface area contributed by atoms with Gasteiger partial charge in [0.1, 0.15) is 18.1 Å². The third-order valence-corrected chi connectivity index (χ3v) is 5.41. The van der Waals surface area contributed by atoms with Crippen molar-refractivity contribution in [2.24, 2.45) is 0 Å². The second kappa shape index (κ2) is 11.0. The fourth-order valence-corrected chi connectivity index (χ4v) is 3.83. The average molecular weight is 465 g/mol. The first-order chi connectivity index (χ1) is 16.2. The number of likely N-dealkylation sites (tertiary alicyclic amines) is 1. The predicted octanol–water partition coefficient (Wildman–Crippen LogP) is 1.41. The fourth-order valence-electron chi connectivity index (χ4n) is 3.83. The zero-order valence-electron chi connectivity index (χ0n) is 20.2. The van der Waals surface area contributed by atoms with Gasteiger partial charge in [-0.05, 0) is 49.2 Å². The Kier molecular flexibility index (Phi) is 8.12. The van der Waals surface area contributed by atoms with E-state index in [0.717, 1.165) is 4.90 Å². The van der Waals surface area contributed by atoms with Crippen LogP contribution in [0.5, 0.6) is 11.5 Å². The molecule has 0 bridgehead atoms. The highest BCUT2D eigenvalue weighted by Gasteiger charge is 2.44. The van der Waals surface area contributed by atoms with Crippen LogP contribution in [0, 0.1) is 0 Å². The first-order valence-electron chi connectivity index (χ1n) is 11.4. The number of quaternary nitrogens is 1. The molecule has 2 aromatic carbocycles. The van der Waals surface area contributed by atoms with Crippen molar-refractivity contribution < 1.29 is 29.1 Å². The van der Waals surface area contributed by atoms with Gasteiger partial charge in [0.25, 0.3) is 5.91 Å². The van der Waals surface area contributed by atoms with Crippen molar-refractivity contribution in [1.82, 2.24) is 4.90 Å². The van der Waals surface area contributed by atoms with E-state index < -0.39 is 23.5 Å². The Morgan fingerprint density at radius 2 is 1.85 bits per heavy atom. The number of carbonyl (C=O) groups is 2. The Labute approximate surface area is 200 Å². The van der Waals surface area contributed by atoms with Crippen molar-refractivity contribution in [2.45, 2.75) is 26.0 Å². The van der Waals surface area contributed by atoms with Crippen molar-refractivity contribution in [2.75, 3.05) is 33.8 Å². The lowest BCUT2D eigenvalue weighted by Gasteiger charge is -2.28. The lowest BCUT2D eigenvalue weighted by Crippen LogP contribution is -3.06. The zero-order chi connectivity index (χ0) is 24.8. The molecule has 0 spiro atoms. The summed E-state index contributed by atoms with van der Waals surface area (Å²) in [6.45, 7) is 8.78. The van der Waals surface area contributed by atoms with Gasteiger partial charge in [0.2, 0.25) is 5.78 Å². The topological polar surface area (TPSA) is 83.3 Å². The van der Waals surface area contributed by atoms with E-state index in [1.54, 1.807) is 54.6 Å². The van der Waals surface area contributed by atoms with E-state index in [1.165, 1.54) is 4.90 Å². The highest BCUT2D eigenvalue weighted by Crippen LogP contribution is 2.39. The van der Waals surface area contributed by atoms with Crippen molar-refractivity contribution in [3.8, 4) is 11.5 Å². The maximum atomic E-state index is 13.5. The second-order valence-electron chi connectivity index (χ2n) is 8.79. The number of Topliss-reactive ketones (excluding diaryl/α,β-unsaturated/α-hetero) is 1. The zero-order valence-corrected chi connectivity index (χ0v) is 20.2. The number of ether oxygens (including phenoxy) is 2. The maximum absolute atomic E-state index is 13.5. The Morgan fingerprint density at radius 1 is 1.15 bits per heavy atom. The molecular weight excluding hydrogens is 432 g/mol. The van der Waals surface area contributed by atoms with Crippen LogP contribution in [-0.2, 0) is 9.59 Å². The van der Waals surface area contributed by atoms with Crippen LogP contribution in [0.4, 0.5) is 0 Å². The Morgan fingerprint density at radius 3 is 2.47 bits per heavy atom. The molecule has 1 aliphatic rings. The number of likely N-dealkylation sites (N-methyl/N-ethyl adjacent to an activating group) is 1. The molecule has 7 nitrogen and oxygen atoms in total. The lowest BCUT2D eigenvalue weighted by atomic mass is 9.95. The van der Waals surface area contributed by atoms with E-state index in [0.29, 0.717) is 42.3 Å². The van der Waals surface area contributed by atoms with Crippen LogP contribution in [0.25, 0.3) is 5.76 Å². The molecule has 1 saturated heterocycles. The highest BCUT2D eigenvalue weighted by atomic mass is 16.5. The lowest BCUT2D eigenvalue weighted by molar-refractivity contribution is -0.857. The molecule has 3 rings (SSSR count). The van der Waals surface area contributed by atoms with Crippen LogP contribution in [0.2, 0.25) is 0 Å². The van der Waals surface area contributed by atoms with Gasteiger partial charge >= 0.3 is 0 Å². The smallest absolute Gasteiger partial charge is 0.295 e. The van der Waals surface area contributed by atoms with Gasteiger partial charge in [-0.3, -0.25) is 9.59 Å². The summed E-state index contributed by atoms with van der Waals surface area (Å²) in [5.41, 5.74) is 0.936. The van der Waals surface area contributed by atoms with Crippen LogP contribution in [-0.4, -0.2) is 56.5 Å². The Balaban J connectivity index is 2.08. The molecule has 1 unspecified atom stereocenters. The molecule has 1 fully saturated rings. The number of ketones is 1. The molecule has 2 aromatic rings. The number of hydrogen-bond donors (Lipinski definition) is 1. The molecule has 1 heterocycles. The van der Waals surface area contributed by atoms with Crippen LogP contribution in [0.3, 0.4) is 0 Å². The third kappa shape index (κ3) is 5.66. The Bertz CT molecular complexity index is 1070. The molecule has 1 amide bonds. The minimum Gasteiger partial charge on any atom is -0.872 e. The molecule has 0 radical (unpaired) electrons. The van der Waals surface area contributed by atoms with E-state index in [-0.39, 0.29) is 11.7 Å². The molecular formula is C27H32N2O5. The molecule has 7 heteroatoms. The molecule has 34 heavy (non-hydrogen) atoms. The number of benzene rings is 2. The van der Waals surface area contributed by atoms with Crippen molar-refractivity contribution in [3.05, 3.63) is 77.9 Å². The van der Waals surface area contributed by atoms with Crippen molar-refractivity contribution in [1.29, 1.82) is 0 Å². The molecule has 0 aromatic heterocycles. The van der Waals surface area contributed by atoms with E-state index in [2.05, 4.69) is 6.58 Å². The minimum absolute atomic E-state index is 0.00249. The van der Waals surface area contributed by atoms with Crippen LogP contribution >= 0.6 is 0 Å². The van der Waals surface area contributed by atoms with Gasteiger partial charge in [-0.15, -0.1) is 0 Å². The van der Waals surface area contributed by atoms with E-state index in [9.17, 15) is 14.7 Å². The van der Waals surface area contributed by atoms with Crippen molar-refractivity contribution in [3.63, 3.8) is 0 Å². The highest BCUT2D eigenvalue weighted by molar-refractivity contribution is 6.46. The average Bonchev–Trinajstić information content (AvgIpc) is 3.06. The van der Waals surface area contributed by atoms with Gasteiger partial charge in [-0.1, -0.05) is 42.7 Å². The van der Waals surface area contributed by atoms with Crippen molar-refractivity contribution >= 4 is 17.4 Å². The monoisotopic (exact) mass is 464 g/mol. The normalized spacial score (nSPS) is 17.5. The van der Waals surface area contributed by atoms with Gasteiger partial charge in [0.05, 0.1) is 39.3 Å². The Hall–Kier alpha value is -3.58. The third-order valence-electron chi connectivity index (χ3n) is 5.41. The van der Waals surface area contributed by atoms with Crippen LogP contribution in [0.15, 0.2) is 66.8 Å². The van der Waals surface area contributed by atoms with Crippen LogP contribution in [0.1, 0.15) is 31.0 Å². The summed E-state index contributed by atoms with van der Waals surface area (Å²) in [5, 5.41) is 13.5. The summed E-state index contributed by atoms with van der Waals surface area (Å²) in [5.74, 6) is -0.680. The molecule has 1 aliphatic heterocycles. The first-order valence-corrected chi connectivity index (χ1v) is 11.4. The molecule has 0 aliphatic carbocycles. The SMILES string of the molecule is C=CCOc1cccc(C2C(=C([O-])c3ccc(OC(C)C)cc3)C(=O)C(=O)N2CC[NH+](C)C)c1. The molecule has 1 N–H and O–H groups in total. The van der Waals surface area contributed by atoms with Gasteiger partial charge in [-0.25, -0.2) is 0 Å². The summed E-state index contributed by atoms with van der Waals surface area (Å²) >= 11 is 0. The summed E-state index contributed by atoms with van der Waals surface area (Å²) in [6.07, 6.45) is 1.63. The first kappa shape index (κ1) is 25.1. The quantitative estimate of drug-likeness (QED) is 0.249. The van der Waals surface area contributed by atoms with E-state index in [4.69, 9.17) is 9.47 Å². The predicted molar refractivity (Wildman–Crippen MR) is 128 cm³/mol. The van der Waals surface area contributed by atoms with Gasteiger partial charge in [0.15, 0.2) is 0 Å². The number of hydrogen-bond acceptors (Lipinski definition) is 5. The summed E-state index contributed by atoms with van der Waals surface area (Å²) in [4.78, 5) is 28.7. The number of nitrogens with one attached hydrogen (secondary N) is 1. The van der Waals surface area contributed by atoms with E-state index in [1.807, 2.05) is 27.9 Å². The second-order valence-corrected chi connectivity index (χ2v) is 8.79. The molecule has 0 saturated carbocycles. The number of nitrogens with zero attached hydrogens (tertiary/aromatic N) is 1. The number of carbonyl (C=O) groups excluding carboxylic acids is 2. The van der Waals surface area contributed by atoms with Gasteiger partial charge in [0, 0.05) is 5.57 Å². The maximum Gasteiger partial charge on any atom is 0.295 e. The molecule has 180 valence electrons. The largest absolute Gasteiger partial charge is 0.872 e. The fraction of sp³-hybridized carbons (Fsp3) is 0.333. The number of amides is 1. The summed E-state index contributed by atoms with van der Waals surface area (Å²) in [7, 11) is 3.94. The standard InChI is InChI=1S/C27H32N2O5/c1-6-16-33-22-9-7-8-20(17-22)24-23(26(31)27(32)29(24)15-14-28(4)5)25(30)19-10-12-21(13-11-19)34-18(2)3/h6-13,17-18,24,30H,1,14-16H2,2-5H3. The van der Waals surface area contributed by atoms with E-state index >= 15 is 0 Å². The number of rotatable bonds is 10. The van der Waals surface area contributed by atoms with Gasteiger partial charge in [-0.2, -0.15) is 0 Å². The van der Waals surface area contributed by atoms with Gasteiger partial charge < -0.3 is 24.4 Å². The molecule has 1 atom stereocenters. The van der Waals surface area contributed by atoms with Crippen LogP contribution < -0.4 is 19.5 Å². The summed E-state index contributed by atoms with van der Waals surface area (Å²) in [6, 6.07) is 13.0.